The molecule has 0 spiro atoms. The second-order valence-corrected chi connectivity index (χ2v) is 3.91. The van der Waals surface area contributed by atoms with Crippen LogP contribution in [0.1, 0.15) is 30.9 Å². The maximum Gasteiger partial charge on any atom is 0.142 e. The summed E-state index contributed by atoms with van der Waals surface area (Å²) in [6.45, 7) is 3.64. The molecule has 0 fully saturated rings. The minimum atomic E-state index is -0.409. The van der Waals surface area contributed by atoms with Crippen LogP contribution in [0, 0.1) is 5.82 Å². The van der Waals surface area contributed by atoms with E-state index in [0.29, 0.717) is 0 Å². The molecule has 0 amide bonds. The first-order valence-electron chi connectivity index (χ1n) is 4.96. The predicted molar refractivity (Wildman–Crippen MR) is 62.4 cm³/mol. The van der Waals surface area contributed by atoms with Crippen LogP contribution >= 0.6 is 11.6 Å². The zero-order chi connectivity index (χ0) is 11.3. The Morgan fingerprint density at radius 3 is 2.87 bits per heavy atom. The number of benzene rings is 1. The lowest BCUT2D eigenvalue weighted by molar-refractivity contribution is 0.596. The Balaban J connectivity index is 2.61. The molecule has 1 nitrogen and oxygen atoms in total. The summed E-state index contributed by atoms with van der Waals surface area (Å²) >= 11 is 5.58. The van der Waals surface area contributed by atoms with Crippen LogP contribution in [0.15, 0.2) is 30.9 Å². The van der Waals surface area contributed by atoms with Gasteiger partial charge in [0.05, 0.1) is 5.02 Å². The Morgan fingerprint density at radius 1 is 1.53 bits per heavy atom. The summed E-state index contributed by atoms with van der Waals surface area (Å²) in [7, 11) is 0. The molecule has 0 heterocycles. The lowest BCUT2D eigenvalue weighted by atomic mass is 10.0. The maximum absolute atomic E-state index is 13.1. The molecule has 1 atom stereocenters. The molecule has 0 saturated carbocycles. The number of unbranched alkanes of at least 4 members (excludes halogenated alkanes) is 1. The van der Waals surface area contributed by atoms with Crippen LogP contribution in [0.3, 0.4) is 0 Å². The zero-order valence-corrected chi connectivity index (χ0v) is 9.30. The fourth-order valence-electron chi connectivity index (χ4n) is 1.39. The van der Waals surface area contributed by atoms with E-state index < -0.39 is 5.82 Å². The Hall–Kier alpha value is -0.860. The monoisotopic (exact) mass is 227 g/mol. The molecule has 1 rings (SSSR count). The topological polar surface area (TPSA) is 26.0 Å². The third-order valence-corrected chi connectivity index (χ3v) is 2.60. The van der Waals surface area contributed by atoms with Crippen LogP contribution in [0.5, 0.6) is 0 Å². The highest BCUT2D eigenvalue weighted by Crippen LogP contribution is 2.21. The largest absolute Gasteiger partial charge is 0.324 e. The van der Waals surface area contributed by atoms with E-state index >= 15 is 0 Å². The predicted octanol–water partition coefficient (Wildman–Crippen LogP) is 3.84. The first-order chi connectivity index (χ1) is 7.15. The molecule has 1 aromatic carbocycles. The highest BCUT2D eigenvalue weighted by molar-refractivity contribution is 6.30. The minimum absolute atomic E-state index is 0.128. The maximum atomic E-state index is 13.1. The average Bonchev–Trinajstić information content (AvgIpc) is 2.22. The van der Waals surface area contributed by atoms with E-state index in [-0.39, 0.29) is 11.1 Å². The van der Waals surface area contributed by atoms with Gasteiger partial charge >= 0.3 is 0 Å². The van der Waals surface area contributed by atoms with Crippen molar-refractivity contribution in [2.45, 2.75) is 25.3 Å². The van der Waals surface area contributed by atoms with E-state index in [9.17, 15) is 4.39 Å². The third-order valence-electron chi connectivity index (χ3n) is 2.30. The summed E-state index contributed by atoms with van der Waals surface area (Å²) in [4.78, 5) is 0. The van der Waals surface area contributed by atoms with E-state index in [4.69, 9.17) is 17.3 Å². The van der Waals surface area contributed by atoms with Crippen molar-refractivity contribution in [1.82, 2.24) is 0 Å². The van der Waals surface area contributed by atoms with Gasteiger partial charge in [0.15, 0.2) is 0 Å². The van der Waals surface area contributed by atoms with Gasteiger partial charge in [-0.15, -0.1) is 6.58 Å². The van der Waals surface area contributed by atoms with E-state index in [1.54, 1.807) is 12.1 Å². The van der Waals surface area contributed by atoms with Gasteiger partial charge in [-0.2, -0.15) is 0 Å². The summed E-state index contributed by atoms with van der Waals surface area (Å²) in [5.74, 6) is -0.409. The molecule has 82 valence electrons. The molecule has 15 heavy (non-hydrogen) atoms. The molecule has 0 radical (unpaired) electrons. The van der Waals surface area contributed by atoms with Crippen molar-refractivity contribution < 1.29 is 4.39 Å². The molecule has 0 bridgehead atoms. The smallest absolute Gasteiger partial charge is 0.142 e. The lowest BCUT2D eigenvalue weighted by Gasteiger charge is -2.11. The lowest BCUT2D eigenvalue weighted by Crippen LogP contribution is -2.10. The van der Waals surface area contributed by atoms with Crippen molar-refractivity contribution in [2.24, 2.45) is 5.73 Å². The van der Waals surface area contributed by atoms with Crippen molar-refractivity contribution in [1.29, 1.82) is 0 Å². The van der Waals surface area contributed by atoms with Gasteiger partial charge in [-0.3, -0.25) is 0 Å². The van der Waals surface area contributed by atoms with Crippen LogP contribution in [-0.2, 0) is 0 Å². The standard InChI is InChI=1S/C12H15ClFN/c1-2-3-4-5-12(15)9-6-7-10(13)11(14)8-9/h2,6-8,12H,1,3-5,15H2. The molecule has 2 N–H and O–H groups in total. The van der Waals surface area contributed by atoms with Crippen molar-refractivity contribution in [3.63, 3.8) is 0 Å². The second-order valence-electron chi connectivity index (χ2n) is 3.50. The number of halogens is 2. The van der Waals surface area contributed by atoms with Crippen LogP contribution in [0.25, 0.3) is 0 Å². The van der Waals surface area contributed by atoms with Gasteiger partial charge in [-0.1, -0.05) is 23.7 Å². The number of hydrogen-bond acceptors (Lipinski definition) is 1. The minimum Gasteiger partial charge on any atom is -0.324 e. The fourth-order valence-corrected chi connectivity index (χ4v) is 1.51. The average molecular weight is 228 g/mol. The van der Waals surface area contributed by atoms with E-state index in [2.05, 4.69) is 6.58 Å². The summed E-state index contributed by atoms with van der Waals surface area (Å²) in [6.07, 6.45) is 4.58. The van der Waals surface area contributed by atoms with E-state index in [0.717, 1.165) is 24.8 Å². The first kappa shape index (κ1) is 12.2. The van der Waals surface area contributed by atoms with Crippen molar-refractivity contribution in [3.8, 4) is 0 Å². The van der Waals surface area contributed by atoms with Crippen LogP contribution in [0.4, 0.5) is 4.39 Å². The van der Waals surface area contributed by atoms with Crippen molar-refractivity contribution in [3.05, 3.63) is 47.3 Å². The highest BCUT2D eigenvalue weighted by Gasteiger charge is 2.08. The van der Waals surface area contributed by atoms with E-state index in [1.807, 2.05) is 6.08 Å². The Bertz CT molecular complexity index is 338. The van der Waals surface area contributed by atoms with E-state index in [1.165, 1.54) is 6.07 Å². The number of allylic oxidation sites excluding steroid dienone is 1. The molecular formula is C12H15ClFN. The molecular weight excluding hydrogens is 213 g/mol. The fraction of sp³-hybridized carbons (Fsp3) is 0.333. The van der Waals surface area contributed by atoms with Crippen molar-refractivity contribution >= 4 is 11.6 Å². The molecule has 1 unspecified atom stereocenters. The summed E-state index contributed by atoms with van der Waals surface area (Å²) in [5.41, 5.74) is 6.70. The number of hydrogen-bond donors (Lipinski definition) is 1. The van der Waals surface area contributed by atoms with Gasteiger partial charge in [0.1, 0.15) is 5.82 Å². The Labute approximate surface area is 94.7 Å². The second kappa shape index (κ2) is 5.89. The highest BCUT2D eigenvalue weighted by atomic mass is 35.5. The summed E-state index contributed by atoms with van der Waals surface area (Å²) in [6, 6.07) is 4.58. The van der Waals surface area contributed by atoms with Crippen LogP contribution in [-0.4, -0.2) is 0 Å². The third kappa shape index (κ3) is 3.65. The van der Waals surface area contributed by atoms with Gasteiger partial charge in [0, 0.05) is 6.04 Å². The molecule has 0 aliphatic rings. The van der Waals surface area contributed by atoms with Gasteiger partial charge in [0.25, 0.3) is 0 Å². The molecule has 0 aliphatic heterocycles. The zero-order valence-electron chi connectivity index (χ0n) is 8.55. The Kier molecular flexibility index (Phi) is 4.79. The number of rotatable bonds is 5. The number of nitrogens with two attached hydrogens (primary N) is 1. The summed E-state index contributed by atoms with van der Waals surface area (Å²) in [5, 5.41) is 0.136. The molecule has 0 aromatic heterocycles. The molecule has 0 aliphatic carbocycles. The summed E-state index contributed by atoms with van der Waals surface area (Å²) < 4.78 is 13.1. The van der Waals surface area contributed by atoms with Gasteiger partial charge in [-0.25, -0.2) is 4.39 Å². The van der Waals surface area contributed by atoms with Crippen LogP contribution in [0.2, 0.25) is 5.02 Å². The quantitative estimate of drug-likeness (QED) is 0.600. The first-order valence-corrected chi connectivity index (χ1v) is 5.34. The SMILES string of the molecule is C=CCCCC(N)c1ccc(Cl)c(F)c1. The van der Waals surface area contributed by atoms with Crippen LogP contribution < -0.4 is 5.73 Å². The normalized spacial score (nSPS) is 12.5. The van der Waals surface area contributed by atoms with Gasteiger partial charge < -0.3 is 5.73 Å². The molecule has 0 saturated heterocycles. The van der Waals surface area contributed by atoms with Gasteiger partial charge in [-0.05, 0) is 37.0 Å². The Morgan fingerprint density at radius 2 is 2.27 bits per heavy atom. The molecule has 1 aromatic rings. The van der Waals surface area contributed by atoms with Crippen molar-refractivity contribution in [2.75, 3.05) is 0 Å². The van der Waals surface area contributed by atoms with Gasteiger partial charge in [0.2, 0.25) is 0 Å². The molecule has 3 heteroatoms.